The number of carbonyl (C=O) groups excluding carboxylic acids is 1. The fourth-order valence-electron chi connectivity index (χ4n) is 1.84. The molecular weight excluding hydrogens is 238 g/mol. The molecule has 0 unspecified atom stereocenters. The summed E-state index contributed by atoms with van der Waals surface area (Å²) in [4.78, 5) is 16.2. The highest BCUT2D eigenvalue weighted by Crippen LogP contribution is 2.23. The lowest BCUT2D eigenvalue weighted by atomic mass is 10.1. The van der Waals surface area contributed by atoms with E-state index in [1.165, 1.54) is 6.21 Å². The summed E-state index contributed by atoms with van der Waals surface area (Å²) < 4.78 is 5.68. The van der Waals surface area contributed by atoms with E-state index in [9.17, 15) is 4.79 Å². The zero-order valence-corrected chi connectivity index (χ0v) is 11.9. The van der Waals surface area contributed by atoms with Crippen LogP contribution in [0.25, 0.3) is 11.0 Å². The van der Waals surface area contributed by atoms with Crippen LogP contribution in [0.4, 0.5) is 0 Å². The number of benzene rings is 1. The molecule has 0 aliphatic heterocycles. The molecule has 2 rings (SSSR count). The van der Waals surface area contributed by atoms with Gasteiger partial charge < -0.3 is 4.42 Å². The molecule has 100 valence electrons. The highest BCUT2D eigenvalue weighted by atomic mass is 16.3. The Balaban J connectivity index is 2.36. The van der Waals surface area contributed by atoms with Gasteiger partial charge in [0.2, 0.25) is 5.78 Å². The number of aliphatic imine (C=N–C) groups is 1. The number of hydrogen-bond donors (Lipinski definition) is 0. The third kappa shape index (κ3) is 3.11. The van der Waals surface area contributed by atoms with Crippen LogP contribution in [0.5, 0.6) is 0 Å². The van der Waals surface area contributed by atoms with Crippen LogP contribution in [0, 0.1) is 0 Å². The molecule has 0 aliphatic carbocycles. The lowest BCUT2D eigenvalue weighted by Gasteiger charge is -2.09. The standard InChI is InChI=1S/C16H19NO2/c1-5-11-7-6-8-12-9-14(19-15(11)12)13(18)10-17-16(2,3)4/h6-10H,5H2,1-4H3. The number of rotatable bonds is 3. The summed E-state index contributed by atoms with van der Waals surface area (Å²) in [5.74, 6) is 0.164. The van der Waals surface area contributed by atoms with E-state index in [1.54, 1.807) is 6.07 Å². The molecule has 1 aromatic heterocycles. The fourth-order valence-corrected chi connectivity index (χ4v) is 1.84. The van der Waals surface area contributed by atoms with E-state index in [0.29, 0.717) is 5.76 Å². The van der Waals surface area contributed by atoms with E-state index in [-0.39, 0.29) is 11.3 Å². The van der Waals surface area contributed by atoms with Crippen LogP contribution >= 0.6 is 0 Å². The molecule has 0 radical (unpaired) electrons. The smallest absolute Gasteiger partial charge is 0.238 e. The van der Waals surface area contributed by atoms with Gasteiger partial charge in [0.1, 0.15) is 5.58 Å². The van der Waals surface area contributed by atoms with Crippen molar-refractivity contribution in [2.75, 3.05) is 0 Å². The summed E-state index contributed by atoms with van der Waals surface area (Å²) in [7, 11) is 0. The average Bonchev–Trinajstić information content (AvgIpc) is 2.78. The van der Waals surface area contributed by atoms with Gasteiger partial charge in [-0.25, -0.2) is 0 Å². The molecule has 0 saturated heterocycles. The Labute approximate surface area is 113 Å². The van der Waals surface area contributed by atoms with Crippen molar-refractivity contribution in [2.24, 2.45) is 4.99 Å². The number of aryl methyl sites for hydroxylation is 1. The van der Waals surface area contributed by atoms with Gasteiger partial charge in [-0.3, -0.25) is 9.79 Å². The maximum atomic E-state index is 12.0. The molecule has 1 aromatic carbocycles. The number of nitrogens with zero attached hydrogens (tertiary/aromatic N) is 1. The van der Waals surface area contributed by atoms with E-state index >= 15 is 0 Å². The Hall–Kier alpha value is -1.90. The van der Waals surface area contributed by atoms with Crippen LogP contribution in [0.3, 0.4) is 0 Å². The average molecular weight is 257 g/mol. The zero-order chi connectivity index (χ0) is 14.0. The minimum Gasteiger partial charge on any atom is -0.452 e. The van der Waals surface area contributed by atoms with Crippen LogP contribution in [0.15, 0.2) is 33.7 Å². The molecule has 0 aliphatic rings. The van der Waals surface area contributed by atoms with Gasteiger partial charge in [0.05, 0.1) is 11.8 Å². The van der Waals surface area contributed by atoms with E-state index < -0.39 is 0 Å². The minimum absolute atomic E-state index is 0.187. The van der Waals surface area contributed by atoms with Crippen molar-refractivity contribution >= 4 is 23.0 Å². The van der Waals surface area contributed by atoms with Crippen molar-refractivity contribution in [3.63, 3.8) is 0 Å². The summed E-state index contributed by atoms with van der Waals surface area (Å²) in [6.07, 6.45) is 2.23. The van der Waals surface area contributed by atoms with Gasteiger partial charge in [0.25, 0.3) is 0 Å². The van der Waals surface area contributed by atoms with Gasteiger partial charge in [-0.15, -0.1) is 0 Å². The highest BCUT2D eigenvalue weighted by molar-refractivity contribution is 6.34. The second-order valence-electron chi connectivity index (χ2n) is 5.59. The third-order valence-electron chi connectivity index (χ3n) is 2.82. The molecule has 1 heterocycles. The Kier molecular flexibility index (Phi) is 3.56. The minimum atomic E-state index is -0.254. The van der Waals surface area contributed by atoms with Gasteiger partial charge in [-0.2, -0.15) is 0 Å². The first-order chi connectivity index (χ1) is 8.90. The number of carbonyl (C=O) groups is 1. The molecule has 0 bridgehead atoms. The number of furan rings is 1. The molecule has 2 aromatic rings. The van der Waals surface area contributed by atoms with Crippen molar-refractivity contribution in [3.05, 3.63) is 35.6 Å². The lowest BCUT2D eigenvalue weighted by Crippen LogP contribution is -2.12. The molecule has 3 nitrogen and oxygen atoms in total. The quantitative estimate of drug-likeness (QED) is 0.615. The van der Waals surface area contributed by atoms with Crippen LogP contribution in [0.1, 0.15) is 43.8 Å². The molecule has 0 fully saturated rings. The Morgan fingerprint density at radius 1 is 1.37 bits per heavy atom. The summed E-state index contributed by atoms with van der Waals surface area (Å²) in [6.45, 7) is 7.92. The van der Waals surface area contributed by atoms with Crippen molar-refractivity contribution in [2.45, 2.75) is 39.7 Å². The SMILES string of the molecule is CCc1cccc2cc(C(=O)C=NC(C)(C)C)oc12. The van der Waals surface area contributed by atoms with Crippen molar-refractivity contribution in [3.8, 4) is 0 Å². The van der Waals surface area contributed by atoms with Gasteiger partial charge >= 0.3 is 0 Å². The van der Waals surface area contributed by atoms with E-state index in [1.807, 2.05) is 39.0 Å². The predicted molar refractivity (Wildman–Crippen MR) is 78.2 cm³/mol. The molecule has 19 heavy (non-hydrogen) atoms. The number of hydrogen-bond acceptors (Lipinski definition) is 3. The molecule has 0 spiro atoms. The first kappa shape index (κ1) is 13.5. The molecule has 0 N–H and O–H groups in total. The molecule has 0 amide bonds. The number of para-hydroxylation sites is 1. The second kappa shape index (κ2) is 5.00. The highest BCUT2D eigenvalue weighted by Gasteiger charge is 2.13. The van der Waals surface area contributed by atoms with Gasteiger partial charge in [0.15, 0.2) is 5.76 Å². The van der Waals surface area contributed by atoms with Gasteiger partial charge in [0, 0.05) is 5.39 Å². The van der Waals surface area contributed by atoms with Crippen molar-refractivity contribution in [1.29, 1.82) is 0 Å². The third-order valence-corrected chi connectivity index (χ3v) is 2.82. The number of Topliss-reactive ketones (excluding diaryl/α,β-unsaturated/α-hetero) is 1. The van der Waals surface area contributed by atoms with Crippen LogP contribution < -0.4 is 0 Å². The van der Waals surface area contributed by atoms with Crippen LogP contribution in [-0.4, -0.2) is 17.5 Å². The fraction of sp³-hybridized carbons (Fsp3) is 0.375. The predicted octanol–water partition coefficient (Wildman–Crippen LogP) is 4.05. The van der Waals surface area contributed by atoms with E-state index in [0.717, 1.165) is 23.0 Å². The maximum absolute atomic E-state index is 12.0. The zero-order valence-electron chi connectivity index (χ0n) is 11.9. The van der Waals surface area contributed by atoms with E-state index in [4.69, 9.17) is 4.42 Å². The summed E-state index contributed by atoms with van der Waals surface area (Å²) in [5.41, 5.74) is 1.66. The second-order valence-corrected chi connectivity index (χ2v) is 5.59. The largest absolute Gasteiger partial charge is 0.452 e. The Morgan fingerprint density at radius 3 is 2.74 bits per heavy atom. The van der Waals surface area contributed by atoms with Gasteiger partial charge in [-0.05, 0) is 38.8 Å². The molecule has 0 atom stereocenters. The summed E-state index contributed by atoms with van der Waals surface area (Å²) in [5, 5.41) is 0.965. The normalized spacial score (nSPS) is 12.4. The number of fused-ring (bicyclic) bond motifs is 1. The topological polar surface area (TPSA) is 42.6 Å². The summed E-state index contributed by atoms with van der Waals surface area (Å²) in [6, 6.07) is 7.73. The van der Waals surface area contributed by atoms with Crippen molar-refractivity contribution in [1.82, 2.24) is 0 Å². The maximum Gasteiger partial charge on any atom is 0.238 e. The molecular formula is C16H19NO2. The number of ketones is 1. The first-order valence-corrected chi connectivity index (χ1v) is 6.51. The van der Waals surface area contributed by atoms with Crippen molar-refractivity contribution < 1.29 is 9.21 Å². The van der Waals surface area contributed by atoms with Crippen LogP contribution in [-0.2, 0) is 6.42 Å². The van der Waals surface area contributed by atoms with Gasteiger partial charge in [-0.1, -0.05) is 25.1 Å². The van der Waals surface area contributed by atoms with Crippen LogP contribution in [0.2, 0.25) is 0 Å². The Bertz CT molecular complexity index is 630. The summed E-state index contributed by atoms with van der Waals surface area (Å²) >= 11 is 0. The lowest BCUT2D eigenvalue weighted by molar-refractivity contribution is 0.104. The molecule has 3 heteroatoms. The van der Waals surface area contributed by atoms with E-state index in [2.05, 4.69) is 11.9 Å². The monoisotopic (exact) mass is 257 g/mol. The Morgan fingerprint density at radius 2 is 2.11 bits per heavy atom. The first-order valence-electron chi connectivity index (χ1n) is 6.51. The molecule has 0 saturated carbocycles.